The van der Waals surface area contributed by atoms with Gasteiger partial charge in [0.2, 0.25) is 0 Å². The van der Waals surface area contributed by atoms with Gasteiger partial charge in [-0.25, -0.2) is 0 Å². The fourth-order valence-electron chi connectivity index (χ4n) is 3.68. The molecule has 0 saturated carbocycles. The lowest BCUT2D eigenvalue weighted by molar-refractivity contribution is 0.479. The standard InChI is InChI=1S/C24H21N5O/c1-18-15-23(20-11-8-14-22(16-20)30-21-12-6-3-7-13-21)29-24(25-26-27-29)28(18)17-19-9-4-2-5-10-19/h2-16,23H,17H2,1H3. The molecule has 0 spiro atoms. The average Bonchev–Trinajstić information content (AvgIpc) is 3.27. The van der Waals surface area contributed by atoms with Gasteiger partial charge < -0.3 is 9.64 Å². The fraction of sp³-hybridized carbons (Fsp3) is 0.125. The van der Waals surface area contributed by atoms with Gasteiger partial charge in [0.25, 0.3) is 5.95 Å². The smallest absolute Gasteiger partial charge is 0.250 e. The summed E-state index contributed by atoms with van der Waals surface area (Å²) in [6.45, 7) is 2.81. The third-order valence-electron chi connectivity index (χ3n) is 5.17. The molecule has 0 fully saturated rings. The van der Waals surface area contributed by atoms with E-state index in [0.29, 0.717) is 6.54 Å². The summed E-state index contributed by atoms with van der Waals surface area (Å²) in [5.41, 5.74) is 3.38. The molecule has 30 heavy (non-hydrogen) atoms. The maximum Gasteiger partial charge on any atom is 0.250 e. The number of fused-ring (bicyclic) bond motifs is 1. The Balaban J connectivity index is 1.45. The molecular formula is C24H21N5O. The lowest BCUT2D eigenvalue weighted by atomic mass is 10.0. The number of ether oxygens (including phenoxy) is 1. The van der Waals surface area contributed by atoms with E-state index in [0.717, 1.165) is 28.7 Å². The van der Waals surface area contributed by atoms with Crippen LogP contribution < -0.4 is 9.64 Å². The minimum atomic E-state index is -0.0960. The van der Waals surface area contributed by atoms with Crippen molar-refractivity contribution in [2.24, 2.45) is 0 Å². The highest BCUT2D eigenvalue weighted by Gasteiger charge is 2.28. The molecule has 2 heterocycles. The van der Waals surface area contributed by atoms with E-state index in [-0.39, 0.29) is 6.04 Å². The summed E-state index contributed by atoms with van der Waals surface area (Å²) in [5.74, 6) is 2.33. The number of benzene rings is 3. The van der Waals surface area contributed by atoms with Crippen molar-refractivity contribution in [2.75, 3.05) is 4.90 Å². The molecule has 1 aromatic heterocycles. The Bertz CT molecular complexity index is 1170. The molecule has 3 aromatic carbocycles. The Labute approximate surface area is 175 Å². The molecule has 0 N–H and O–H groups in total. The van der Waals surface area contributed by atoms with E-state index < -0.39 is 0 Å². The summed E-state index contributed by atoms with van der Waals surface area (Å²) in [5, 5.41) is 12.5. The van der Waals surface area contributed by atoms with Crippen molar-refractivity contribution >= 4 is 5.95 Å². The normalized spacial score (nSPS) is 15.4. The van der Waals surface area contributed by atoms with Crippen molar-refractivity contribution in [3.05, 3.63) is 108 Å². The van der Waals surface area contributed by atoms with Gasteiger partial charge in [-0.2, -0.15) is 4.68 Å². The number of anilines is 1. The molecule has 4 aromatic rings. The highest BCUT2D eigenvalue weighted by molar-refractivity contribution is 5.47. The highest BCUT2D eigenvalue weighted by Crippen LogP contribution is 2.34. The molecule has 0 amide bonds. The van der Waals surface area contributed by atoms with Crippen LogP contribution in [0, 0.1) is 0 Å². The fourth-order valence-corrected chi connectivity index (χ4v) is 3.68. The van der Waals surface area contributed by atoms with Crippen LogP contribution in [-0.4, -0.2) is 20.2 Å². The van der Waals surface area contributed by atoms with Gasteiger partial charge in [-0.15, -0.1) is 0 Å². The van der Waals surface area contributed by atoms with E-state index in [1.54, 1.807) is 0 Å². The molecule has 0 bridgehead atoms. The van der Waals surface area contributed by atoms with E-state index in [1.807, 2.05) is 71.4 Å². The first-order chi connectivity index (χ1) is 14.8. The van der Waals surface area contributed by atoms with E-state index in [1.165, 1.54) is 5.56 Å². The van der Waals surface area contributed by atoms with Crippen molar-refractivity contribution in [2.45, 2.75) is 19.5 Å². The van der Waals surface area contributed by atoms with Crippen molar-refractivity contribution in [1.82, 2.24) is 20.2 Å². The number of rotatable bonds is 5. The van der Waals surface area contributed by atoms with E-state index >= 15 is 0 Å². The predicted molar refractivity (Wildman–Crippen MR) is 115 cm³/mol. The number of aromatic nitrogens is 4. The SMILES string of the molecule is CC1=CC(c2cccc(Oc3ccccc3)c2)n2nnnc2N1Cc1ccccc1. The van der Waals surface area contributed by atoms with Crippen LogP contribution in [0.15, 0.2) is 96.7 Å². The molecule has 148 valence electrons. The molecule has 0 saturated heterocycles. The molecule has 1 atom stereocenters. The van der Waals surface area contributed by atoms with Gasteiger partial charge in [-0.3, -0.25) is 0 Å². The first kappa shape index (κ1) is 18.1. The summed E-state index contributed by atoms with van der Waals surface area (Å²) in [4.78, 5) is 2.14. The second kappa shape index (κ2) is 7.83. The zero-order chi connectivity index (χ0) is 20.3. The van der Waals surface area contributed by atoms with E-state index in [9.17, 15) is 0 Å². The predicted octanol–water partition coefficient (Wildman–Crippen LogP) is 4.98. The lowest BCUT2D eigenvalue weighted by Crippen LogP contribution is -2.30. The Morgan fingerprint density at radius 3 is 2.40 bits per heavy atom. The van der Waals surface area contributed by atoms with E-state index in [2.05, 4.69) is 51.6 Å². The molecule has 5 rings (SSSR count). The molecule has 1 aliphatic heterocycles. The minimum Gasteiger partial charge on any atom is -0.457 e. The van der Waals surface area contributed by atoms with Gasteiger partial charge in [-0.1, -0.05) is 65.8 Å². The highest BCUT2D eigenvalue weighted by atomic mass is 16.5. The third kappa shape index (κ3) is 3.55. The number of allylic oxidation sites excluding steroid dienone is 2. The second-order valence-electron chi connectivity index (χ2n) is 7.24. The van der Waals surface area contributed by atoms with Crippen molar-refractivity contribution in [3.63, 3.8) is 0 Å². The average molecular weight is 395 g/mol. The molecule has 6 heteroatoms. The summed E-state index contributed by atoms with van der Waals surface area (Å²) in [7, 11) is 0. The van der Waals surface area contributed by atoms with Crippen LogP contribution in [0.2, 0.25) is 0 Å². The Morgan fingerprint density at radius 2 is 1.60 bits per heavy atom. The van der Waals surface area contributed by atoms with Crippen LogP contribution in [-0.2, 0) is 6.54 Å². The van der Waals surface area contributed by atoms with Gasteiger partial charge in [0.15, 0.2) is 0 Å². The zero-order valence-electron chi connectivity index (χ0n) is 16.6. The molecule has 0 aliphatic carbocycles. The number of hydrogen-bond donors (Lipinski definition) is 0. The summed E-state index contributed by atoms with van der Waals surface area (Å²) in [6.07, 6.45) is 2.19. The van der Waals surface area contributed by atoms with Crippen molar-refractivity contribution < 1.29 is 4.74 Å². The molecule has 1 unspecified atom stereocenters. The van der Waals surface area contributed by atoms with Crippen LogP contribution in [0.4, 0.5) is 5.95 Å². The number of hydrogen-bond acceptors (Lipinski definition) is 5. The summed E-state index contributed by atoms with van der Waals surface area (Å²) >= 11 is 0. The molecule has 6 nitrogen and oxygen atoms in total. The van der Waals surface area contributed by atoms with Crippen LogP contribution in [0.25, 0.3) is 0 Å². The largest absolute Gasteiger partial charge is 0.457 e. The van der Waals surface area contributed by atoms with Gasteiger partial charge in [-0.05, 0) is 58.8 Å². The van der Waals surface area contributed by atoms with Gasteiger partial charge >= 0.3 is 0 Å². The zero-order valence-corrected chi connectivity index (χ0v) is 16.6. The van der Waals surface area contributed by atoms with E-state index in [4.69, 9.17) is 4.74 Å². The van der Waals surface area contributed by atoms with Gasteiger partial charge in [0, 0.05) is 5.70 Å². The number of nitrogens with zero attached hydrogens (tertiary/aromatic N) is 5. The maximum atomic E-state index is 6.01. The first-order valence-electron chi connectivity index (χ1n) is 9.88. The van der Waals surface area contributed by atoms with Crippen LogP contribution >= 0.6 is 0 Å². The topological polar surface area (TPSA) is 56.1 Å². The quantitative estimate of drug-likeness (QED) is 0.477. The first-order valence-corrected chi connectivity index (χ1v) is 9.88. The Kier molecular flexibility index (Phi) is 4.73. The minimum absolute atomic E-state index is 0.0960. The number of para-hydroxylation sites is 1. The van der Waals surface area contributed by atoms with Crippen LogP contribution in [0.3, 0.4) is 0 Å². The van der Waals surface area contributed by atoms with Crippen molar-refractivity contribution in [1.29, 1.82) is 0 Å². The monoisotopic (exact) mass is 395 g/mol. The Morgan fingerprint density at radius 1 is 0.867 bits per heavy atom. The summed E-state index contributed by atoms with van der Waals surface area (Å²) < 4.78 is 7.87. The summed E-state index contributed by atoms with van der Waals surface area (Å²) in [6, 6.07) is 28.1. The maximum absolute atomic E-state index is 6.01. The van der Waals surface area contributed by atoms with Gasteiger partial charge in [0.05, 0.1) is 6.54 Å². The van der Waals surface area contributed by atoms with Gasteiger partial charge in [0.1, 0.15) is 17.5 Å². The number of tetrazole rings is 1. The third-order valence-corrected chi connectivity index (χ3v) is 5.17. The lowest BCUT2D eigenvalue weighted by Gasteiger charge is -2.31. The molecule has 0 radical (unpaired) electrons. The molecular weight excluding hydrogens is 374 g/mol. The van der Waals surface area contributed by atoms with Crippen LogP contribution in [0.5, 0.6) is 11.5 Å². The Hall–Kier alpha value is -3.93. The molecule has 1 aliphatic rings. The van der Waals surface area contributed by atoms with Crippen LogP contribution in [0.1, 0.15) is 24.1 Å². The van der Waals surface area contributed by atoms with Crippen molar-refractivity contribution in [3.8, 4) is 11.5 Å². The second-order valence-corrected chi connectivity index (χ2v) is 7.24.